The third kappa shape index (κ3) is 11.8. The molecule has 0 unspecified atom stereocenters. The van der Waals surface area contributed by atoms with Gasteiger partial charge >= 0.3 is 0 Å². The number of nitrogens with one attached hydrogen (secondary N) is 2. The molecule has 0 aliphatic rings. The molecular weight excluding hydrogens is 418 g/mol. The van der Waals surface area contributed by atoms with Gasteiger partial charge in [0, 0.05) is 36.1 Å². The molecule has 0 bridgehead atoms. The van der Waals surface area contributed by atoms with E-state index in [1.54, 1.807) is 36.7 Å². The van der Waals surface area contributed by atoms with Gasteiger partial charge in [0.1, 0.15) is 19.0 Å². The van der Waals surface area contributed by atoms with Crippen LogP contribution >= 0.6 is 11.6 Å². The first kappa shape index (κ1) is 24.4. The molecule has 4 N–H and O–H groups in total. The van der Waals surface area contributed by atoms with E-state index in [0.29, 0.717) is 36.3 Å². The standard InChI is InChI=1S/C22H30ClN5O3/c23-18-7-9-20(10-8-18)30-16-17-31-28-21(29)6-4-2-1-3-5-13-26-22(24)27-19-11-14-25-15-12-19/h7-12,14-15H,1-6,13,16-17H2,(H,28,29)(H3,24,25,26,27). The highest BCUT2D eigenvalue weighted by Gasteiger charge is 2.01. The number of rotatable bonds is 14. The summed E-state index contributed by atoms with van der Waals surface area (Å²) in [6.45, 7) is 1.29. The third-order valence-electron chi connectivity index (χ3n) is 4.25. The first-order valence-electron chi connectivity index (χ1n) is 10.4. The number of carbonyl (C=O) groups excluding carboxylic acids is 1. The molecule has 0 fully saturated rings. The lowest BCUT2D eigenvalue weighted by Gasteiger charge is -2.08. The van der Waals surface area contributed by atoms with Crippen molar-refractivity contribution in [2.75, 3.05) is 25.1 Å². The van der Waals surface area contributed by atoms with Gasteiger partial charge in [-0.05, 0) is 49.2 Å². The second-order valence-corrected chi connectivity index (χ2v) is 7.26. The normalized spacial score (nSPS) is 11.2. The van der Waals surface area contributed by atoms with Crippen LogP contribution < -0.4 is 21.3 Å². The Labute approximate surface area is 188 Å². The van der Waals surface area contributed by atoms with Gasteiger partial charge in [0.25, 0.3) is 0 Å². The molecule has 1 heterocycles. The zero-order valence-electron chi connectivity index (χ0n) is 17.6. The van der Waals surface area contributed by atoms with Crippen LogP contribution in [0.4, 0.5) is 5.69 Å². The van der Waals surface area contributed by atoms with E-state index in [-0.39, 0.29) is 12.5 Å². The number of hydrogen-bond donors (Lipinski definition) is 3. The Balaban J connectivity index is 1.39. The molecule has 1 amide bonds. The second kappa shape index (κ2) is 15.0. The highest BCUT2D eigenvalue weighted by molar-refractivity contribution is 6.30. The Hall–Kier alpha value is -2.84. The number of hydroxylamine groups is 1. The maximum absolute atomic E-state index is 11.7. The second-order valence-electron chi connectivity index (χ2n) is 6.82. The van der Waals surface area contributed by atoms with Crippen LogP contribution in [0.15, 0.2) is 53.8 Å². The number of guanidine groups is 1. The number of hydrogen-bond acceptors (Lipinski definition) is 5. The molecule has 168 valence electrons. The number of nitrogens with two attached hydrogens (primary N) is 1. The summed E-state index contributed by atoms with van der Waals surface area (Å²) in [6.07, 6.45) is 8.70. The van der Waals surface area contributed by atoms with Crippen LogP contribution in [-0.4, -0.2) is 36.6 Å². The smallest absolute Gasteiger partial charge is 0.243 e. The highest BCUT2D eigenvalue weighted by Crippen LogP contribution is 2.15. The minimum Gasteiger partial charge on any atom is -0.491 e. The van der Waals surface area contributed by atoms with Gasteiger partial charge in [0.2, 0.25) is 5.91 Å². The lowest BCUT2D eigenvalue weighted by Crippen LogP contribution is -2.25. The Bertz CT molecular complexity index is 787. The van der Waals surface area contributed by atoms with Gasteiger partial charge in [-0.25, -0.2) is 5.48 Å². The minimum absolute atomic E-state index is 0.119. The molecular formula is C22H30ClN5O3. The summed E-state index contributed by atoms with van der Waals surface area (Å²) in [5.41, 5.74) is 9.15. The Kier molecular flexibility index (Phi) is 11.8. The predicted molar refractivity (Wildman–Crippen MR) is 123 cm³/mol. The van der Waals surface area contributed by atoms with E-state index in [1.807, 2.05) is 12.1 Å². The van der Waals surface area contributed by atoms with Gasteiger partial charge < -0.3 is 15.8 Å². The van der Waals surface area contributed by atoms with Crippen molar-refractivity contribution in [3.63, 3.8) is 0 Å². The van der Waals surface area contributed by atoms with Crippen LogP contribution in [0.3, 0.4) is 0 Å². The Morgan fingerprint density at radius 3 is 2.48 bits per heavy atom. The lowest BCUT2D eigenvalue weighted by atomic mass is 10.1. The molecule has 2 rings (SSSR count). The molecule has 0 saturated carbocycles. The fraction of sp³-hybridized carbons (Fsp3) is 0.409. The highest BCUT2D eigenvalue weighted by atomic mass is 35.5. The number of aliphatic imine (C=N–C) groups is 1. The maximum atomic E-state index is 11.7. The topological polar surface area (TPSA) is 111 Å². The van der Waals surface area contributed by atoms with Gasteiger partial charge in [-0.2, -0.15) is 0 Å². The van der Waals surface area contributed by atoms with Crippen LogP contribution in [-0.2, 0) is 9.63 Å². The molecule has 0 atom stereocenters. The number of pyridine rings is 1. The van der Waals surface area contributed by atoms with E-state index in [0.717, 1.165) is 37.8 Å². The molecule has 0 aliphatic carbocycles. The van der Waals surface area contributed by atoms with E-state index in [9.17, 15) is 4.79 Å². The summed E-state index contributed by atoms with van der Waals surface area (Å²) in [5.74, 6) is 0.991. The largest absolute Gasteiger partial charge is 0.491 e. The number of unbranched alkanes of at least 4 members (excludes halogenated alkanes) is 4. The molecule has 0 saturated heterocycles. The summed E-state index contributed by atoms with van der Waals surface area (Å²) >= 11 is 5.81. The molecule has 1 aromatic heterocycles. The van der Waals surface area contributed by atoms with Gasteiger partial charge in [-0.15, -0.1) is 0 Å². The summed E-state index contributed by atoms with van der Waals surface area (Å²) < 4.78 is 5.47. The van der Waals surface area contributed by atoms with Crippen LogP contribution in [0.25, 0.3) is 0 Å². The fourth-order valence-corrected chi connectivity index (χ4v) is 2.79. The van der Waals surface area contributed by atoms with Gasteiger partial charge in [-0.1, -0.05) is 30.9 Å². The number of anilines is 1. The molecule has 0 radical (unpaired) electrons. The third-order valence-corrected chi connectivity index (χ3v) is 4.50. The summed E-state index contributed by atoms with van der Waals surface area (Å²) in [4.78, 5) is 25.1. The summed E-state index contributed by atoms with van der Waals surface area (Å²) in [7, 11) is 0. The molecule has 8 nitrogen and oxygen atoms in total. The first-order valence-corrected chi connectivity index (χ1v) is 10.8. The number of aromatic nitrogens is 1. The summed E-state index contributed by atoms with van der Waals surface area (Å²) in [5, 5.41) is 3.68. The van der Waals surface area contributed by atoms with Crippen LogP contribution in [0, 0.1) is 0 Å². The Morgan fingerprint density at radius 2 is 1.71 bits per heavy atom. The number of ether oxygens (including phenoxy) is 1. The van der Waals surface area contributed by atoms with E-state index < -0.39 is 0 Å². The predicted octanol–water partition coefficient (Wildman–Crippen LogP) is 3.93. The van der Waals surface area contributed by atoms with E-state index >= 15 is 0 Å². The van der Waals surface area contributed by atoms with Crippen molar-refractivity contribution in [2.24, 2.45) is 10.7 Å². The average molecular weight is 448 g/mol. The van der Waals surface area contributed by atoms with Crippen molar-refractivity contribution in [3.8, 4) is 5.75 Å². The zero-order valence-corrected chi connectivity index (χ0v) is 18.3. The van der Waals surface area contributed by atoms with Crippen molar-refractivity contribution in [2.45, 2.75) is 38.5 Å². The molecule has 9 heteroatoms. The van der Waals surface area contributed by atoms with Crippen molar-refractivity contribution < 1.29 is 14.4 Å². The van der Waals surface area contributed by atoms with Gasteiger partial charge in [0.15, 0.2) is 5.96 Å². The number of amides is 1. The molecule has 1 aromatic carbocycles. The van der Waals surface area contributed by atoms with Crippen molar-refractivity contribution in [1.29, 1.82) is 0 Å². The van der Waals surface area contributed by atoms with Crippen LogP contribution in [0.5, 0.6) is 5.75 Å². The minimum atomic E-state index is -0.119. The average Bonchev–Trinajstić information content (AvgIpc) is 2.77. The van der Waals surface area contributed by atoms with Crippen molar-refractivity contribution in [3.05, 3.63) is 53.8 Å². The summed E-state index contributed by atoms with van der Waals surface area (Å²) in [6, 6.07) is 10.7. The van der Waals surface area contributed by atoms with Gasteiger partial charge in [0.05, 0.1) is 0 Å². The zero-order chi connectivity index (χ0) is 22.2. The molecule has 2 aromatic rings. The van der Waals surface area contributed by atoms with E-state index in [1.165, 1.54) is 0 Å². The van der Waals surface area contributed by atoms with E-state index in [2.05, 4.69) is 20.8 Å². The monoisotopic (exact) mass is 447 g/mol. The van der Waals surface area contributed by atoms with E-state index in [4.69, 9.17) is 26.9 Å². The maximum Gasteiger partial charge on any atom is 0.243 e. The van der Waals surface area contributed by atoms with Crippen LogP contribution in [0.1, 0.15) is 38.5 Å². The fourth-order valence-electron chi connectivity index (χ4n) is 2.66. The lowest BCUT2D eigenvalue weighted by molar-refractivity contribution is -0.134. The molecule has 31 heavy (non-hydrogen) atoms. The quantitative estimate of drug-likeness (QED) is 0.175. The number of benzene rings is 1. The number of halogens is 1. The van der Waals surface area contributed by atoms with Crippen LogP contribution in [0.2, 0.25) is 5.02 Å². The molecule has 0 spiro atoms. The van der Waals surface area contributed by atoms with Gasteiger partial charge in [-0.3, -0.25) is 19.6 Å². The van der Waals surface area contributed by atoms with Crippen molar-refractivity contribution >= 4 is 29.2 Å². The SMILES string of the molecule is NC(=NCCCCCCCC(=O)NOCCOc1ccc(Cl)cc1)Nc1ccncc1. The molecule has 0 aliphatic heterocycles. The number of carbonyl (C=O) groups is 1. The number of nitrogens with zero attached hydrogens (tertiary/aromatic N) is 2. The Morgan fingerprint density at radius 1 is 1.00 bits per heavy atom. The first-order chi connectivity index (χ1) is 15.1. The van der Waals surface area contributed by atoms with Crippen molar-refractivity contribution in [1.82, 2.24) is 10.5 Å².